The molecule has 1 N–H and O–H groups in total. The van der Waals surface area contributed by atoms with E-state index in [1.165, 1.54) is 0 Å². The van der Waals surface area contributed by atoms with E-state index < -0.39 is 5.97 Å². The fraction of sp³-hybridized carbons (Fsp3) is 0.500. The summed E-state index contributed by atoms with van der Waals surface area (Å²) in [6.07, 6.45) is 2.80. The Labute approximate surface area is 99.5 Å². The maximum absolute atomic E-state index is 10.9. The minimum atomic E-state index is -1.01. The number of halogens is 1. The van der Waals surface area contributed by atoms with Crippen molar-refractivity contribution in [3.8, 4) is 0 Å². The second-order valence-electron chi connectivity index (χ2n) is 5.08. The predicted molar refractivity (Wildman–Crippen MR) is 62.0 cm³/mol. The molecule has 0 atom stereocenters. The molecule has 2 rings (SSSR count). The predicted octanol–water partition coefficient (Wildman–Crippen LogP) is 2.95. The van der Waals surface area contributed by atoms with Crippen molar-refractivity contribution in [3.63, 3.8) is 0 Å². The number of carboxylic acids is 1. The van der Waals surface area contributed by atoms with E-state index >= 15 is 0 Å². The molecule has 0 spiro atoms. The second kappa shape index (κ2) is 3.74. The van der Waals surface area contributed by atoms with Crippen molar-refractivity contribution in [2.24, 2.45) is 5.41 Å². The molecular formula is C12H14ClNO2. The van der Waals surface area contributed by atoms with Gasteiger partial charge in [-0.1, -0.05) is 25.4 Å². The zero-order valence-electron chi connectivity index (χ0n) is 9.38. The Morgan fingerprint density at radius 1 is 1.56 bits per heavy atom. The normalized spacial score (nSPS) is 17.9. The molecule has 1 aromatic rings. The van der Waals surface area contributed by atoms with Crippen LogP contribution in [0.5, 0.6) is 0 Å². The van der Waals surface area contributed by atoms with Gasteiger partial charge < -0.3 is 5.11 Å². The largest absolute Gasteiger partial charge is 0.478 e. The van der Waals surface area contributed by atoms with Gasteiger partial charge in [0.2, 0.25) is 0 Å². The van der Waals surface area contributed by atoms with Gasteiger partial charge in [0.25, 0.3) is 0 Å². The number of carbonyl (C=O) groups is 1. The number of rotatable bonds is 1. The van der Waals surface area contributed by atoms with Gasteiger partial charge in [-0.2, -0.15) is 0 Å². The maximum atomic E-state index is 10.9. The van der Waals surface area contributed by atoms with Crippen molar-refractivity contribution in [1.29, 1.82) is 0 Å². The van der Waals surface area contributed by atoms with Gasteiger partial charge >= 0.3 is 5.97 Å². The molecule has 4 heteroatoms. The summed E-state index contributed by atoms with van der Waals surface area (Å²) in [7, 11) is 0. The Kier molecular flexibility index (Phi) is 2.66. The van der Waals surface area contributed by atoms with Crippen LogP contribution in [0.25, 0.3) is 0 Å². The van der Waals surface area contributed by atoms with Crippen molar-refractivity contribution in [2.45, 2.75) is 33.1 Å². The number of pyridine rings is 1. The van der Waals surface area contributed by atoms with Gasteiger partial charge in [-0.25, -0.2) is 9.78 Å². The van der Waals surface area contributed by atoms with Crippen LogP contribution < -0.4 is 0 Å². The highest BCUT2D eigenvalue weighted by Gasteiger charge is 2.27. The van der Waals surface area contributed by atoms with Crippen molar-refractivity contribution in [2.75, 3.05) is 0 Å². The minimum absolute atomic E-state index is 0.101. The monoisotopic (exact) mass is 239 g/mol. The quantitative estimate of drug-likeness (QED) is 0.767. The van der Waals surface area contributed by atoms with Crippen LogP contribution in [-0.2, 0) is 12.8 Å². The number of carboxylic acid groups (broad SMARTS) is 1. The molecule has 3 nitrogen and oxygen atoms in total. The first-order chi connectivity index (χ1) is 7.39. The second-order valence-corrected chi connectivity index (χ2v) is 5.44. The molecule has 0 saturated heterocycles. The molecule has 0 aromatic carbocycles. The molecule has 0 radical (unpaired) electrons. The van der Waals surface area contributed by atoms with E-state index in [4.69, 9.17) is 16.7 Å². The molecule has 0 unspecified atom stereocenters. The lowest BCUT2D eigenvalue weighted by molar-refractivity contribution is 0.0696. The summed E-state index contributed by atoms with van der Waals surface area (Å²) >= 11 is 5.86. The molecule has 0 aliphatic heterocycles. The van der Waals surface area contributed by atoms with E-state index in [0.717, 1.165) is 30.5 Å². The van der Waals surface area contributed by atoms with E-state index in [0.29, 0.717) is 0 Å². The summed E-state index contributed by atoms with van der Waals surface area (Å²) in [5.74, 6) is -1.01. The van der Waals surface area contributed by atoms with Crippen LogP contribution >= 0.6 is 11.6 Å². The number of fused-ring (bicyclic) bond motifs is 1. The summed E-state index contributed by atoms with van der Waals surface area (Å²) < 4.78 is 0. The summed E-state index contributed by atoms with van der Waals surface area (Å²) in [5, 5.41) is 9.05. The first kappa shape index (κ1) is 11.4. The van der Waals surface area contributed by atoms with Gasteiger partial charge in [-0.05, 0) is 36.3 Å². The fourth-order valence-corrected chi connectivity index (χ4v) is 2.34. The molecule has 0 saturated carbocycles. The standard InChI is InChI=1S/C12H14ClNO2/c1-12(2)4-3-7-5-8(11(15)16)10(13)14-9(7)6-12/h5H,3-4,6H2,1-2H3,(H,15,16). The SMILES string of the molecule is CC1(C)CCc2cc(C(=O)O)c(Cl)nc2C1. The van der Waals surface area contributed by atoms with Gasteiger partial charge in [0, 0.05) is 5.69 Å². The molecule has 1 aromatic heterocycles. The average molecular weight is 240 g/mol. The zero-order chi connectivity index (χ0) is 11.9. The number of hydrogen-bond acceptors (Lipinski definition) is 2. The molecule has 16 heavy (non-hydrogen) atoms. The average Bonchev–Trinajstić information content (AvgIpc) is 2.14. The minimum Gasteiger partial charge on any atom is -0.478 e. The molecule has 0 fully saturated rings. The van der Waals surface area contributed by atoms with E-state index in [9.17, 15) is 4.79 Å². The van der Waals surface area contributed by atoms with Crippen molar-refractivity contribution < 1.29 is 9.90 Å². The smallest absolute Gasteiger partial charge is 0.338 e. The molecule has 1 heterocycles. The molecule has 0 amide bonds. The first-order valence-electron chi connectivity index (χ1n) is 5.31. The summed E-state index contributed by atoms with van der Waals surface area (Å²) in [6.45, 7) is 4.38. The first-order valence-corrected chi connectivity index (χ1v) is 5.68. The highest BCUT2D eigenvalue weighted by molar-refractivity contribution is 6.32. The van der Waals surface area contributed by atoms with E-state index in [1.54, 1.807) is 6.07 Å². The van der Waals surface area contributed by atoms with Crippen LogP contribution in [0.4, 0.5) is 0 Å². The Hall–Kier alpha value is -1.09. The van der Waals surface area contributed by atoms with E-state index in [1.807, 2.05) is 0 Å². The van der Waals surface area contributed by atoms with Gasteiger partial charge in [0.1, 0.15) is 5.15 Å². The number of aryl methyl sites for hydroxylation is 1. The number of aromatic nitrogens is 1. The summed E-state index contributed by atoms with van der Waals surface area (Å²) in [5.41, 5.74) is 2.32. The number of nitrogens with zero attached hydrogens (tertiary/aromatic N) is 1. The third-order valence-corrected chi connectivity index (χ3v) is 3.38. The van der Waals surface area contributed by atoms with Crippen molar-refractivity contribution >= 4 is 17.6 Å². The van der Waals surface area contributed by atoms with Crippen LogP contribution in [0.2, 0.25) is 5.15 Å². The summed E-state index contributed by atoms with van der Waals surface area (Å²) in [6, 6.07) is 1.67. The fourth-order valence-electron chi connectivity index (χ4n) is 2.10. The van der Waals surface area contributed by atoms with Gasteiger partial charge in [-0.15, -0.1) is 0 Å². The number of aromatic carboxylic acids is 1. The number of hydrogen-bond donors (Lipinski definition) is 1. The lowest BCUT2D eigenvalue weighted by atomic mass is 9.76. The third-order valence-electron chi connectivity index (χ3n) is 3.09. The van der Waals surface area contributed by atoms with Gasteiger partial charge in [0.05, 0.1) is 5.56 Å². The lowest BCUT2D eigenvalue weighted by Gasteiger charge is -2.30. The third kappa shape index (κ3) is 2.05. The van der Waals surface area contributed by atoms with Gasteiger partial charge in [-0.3, -0.25) is 0 Å². The Morgan fingerprint density at radius 2 is 2.25 bits per heavy atom. The molecule has 1 aliphatic carbocycles. The molecule has 86 valence electrons. The molecular weight excluding hydrogens is 226 g/mol. The topological polar surface area (TPSA) is 50.2 Å². The van der Waals surface area contributed by atoms with E-state index in [2.05, 4.69) is 18.8 Å². The highest BCUT2D eigenvalue weighted by Crippen LogP contribution is 2.35. The van der Waals surface area contributed by atoms with Crippen molar-refractivity contribution in [1.82, 2.24) is 4.98 Å². The lowest BCUT2D eigenvalue weighted by Crippen LogP contribution is -2.23. The Bertz CT molecular complexity index is 455. The van der Waals surface area contributed by atoms with Crippen LogP contribution in [-0.4, -0.2) is 16.1 Å². The van der Waals surface area contributed by atoms with Crippen molar-refractivity contribution in [3.05, 3.63) is 28.0 Å². The maximum Gasteiger partial charge on any atom is 0.338 e. The van der Waals surface area contributed by atoms with Crippen LogP contribution in [0.15, 0.2) is 6.07 Å². The Balaban J connectivity index is 2.46. The Morgan fingerprint density at radius 3 is 2.88 bits per heavy atom. The summed E-state index contributed by atoms with van der Waals surface area (Å²) in [4.78, 5) is 15.1. The van der Waals surface area contributed by atoms with Crippen LogP contribution in [0.1, 0.15) is 41.9 Å². The van der Waals surface area contributed by atoms with E-state index in [-0.39, 0.29) is 16.1 Å². The van der Waals surface area contributed by atoms with Crippen LogP contribution in [0, 0.1) is 5.41 Å². The zero-order valence-corrected chi connectivity index (χ0v) is 10.1. The highest BCUT2D eigenvalue weighted by atomic mass is 35.5. The molecule has 0 bridgehead atoms. The molecule has 1 aliphatic rings. The van der Waals surface area contributed by atoms with Gasteiger partial charge in [0.15, 0.2) is 0 Å². The van der Waals surface area contributed by atoms with Crippen LogP contribution in [0.3, 0.4) is 0 Å².